The molecule has 9 heteroatoms. The molecule has 0 saturated heterocycles. The number of hydrogen-bond acceptors (Lipinski definition) is 1. The number of hydrogen-bond donors (Lipinski definition) is 0. The van der Waals surface area contributed by atoms with Crippen LogP contribution >= 0.6 is 15.9 Å². The molecule has 0 unspecified atom stereocenters. The Morgan fingerprint density at radius 2 is 1.21 bits per heavy atom. The van der Waals surface area contributed by atoms with Crippen molar-refractivity contribution < 1.29 is 26.6 Å². The summed E-state index contributed by atoms with van der Waals surface area (Å²) in [5.41, 5.74) is 1.35. The van der Waals surface area contributed by atoms with Crippen LogP contribution in [0.2, 0.25) is 0 Å². The average molecular weight is 695 g/mol. The average Bonchev–Trinajstić information content (AvgIpc) is 2.95. The van der Waals surface area contributed by atoms with Gasteiger partial charge in [-0.2, -0.15) is 0 Å². The first-order valence-electron chi connectivity index (χ1n) is 11.5. The Hall–Kier alpha value is -2.70. The van der Waals surface area contributed by atoms with E-state index in [1.165, 1.54) is 0 Å². The van der Waals surface area contributed by atoms with E-state index < -0.39 is 62.5 Å². The van der Waals surface area contributed by atoms with Crippen molar-refractivity contribution in [3.8, 4) is 0 Å². The van der Waals surface area contributed by atoms with Gasteiger partial charge in [-0.25, -0.2) is 0 Å². The Kier molecular flexibility index (Phi) is 8.20. The Labute approximate surface area is 235 Å². The molecule has 0 spiro atoms. The summed E-state index contributed by atoms with van der Waals surface area (Å²) in [5.74, 6) is -8.15. The van der Waals surface area contributed by atoms with Gasteiger partial charge in [-0.3, -0.25) is 0 Å². The van der Waals surface area contributed by atoms with Crippen molar-refractivity contribution in [3.05, 3.63) is 147 Å². The summed E-state index contributed by atoms with van der Waals surface area (Å²) >= 11 is 2.07. The SMILES string of the molecule is Fc1c(F)c(F)c(C2=C(c3ccccc3)[Te]C(c3ccc(Br)cc3)=CB2OCc2ccccc2)c(F)c1F. The summed E-state index contributed by atoms with van der Waals surface area (Å²) in [7, 11) is 0. The van der Waals surface area contributed by atoms with E-state index in [2.05, 4.69) is 15.9 Å². The molecule has 1 nitrogen and oxygen atoms in total. The molecular formula is C29H17BBrF5OTe. The van der Waals surface area contributed by atoms with Gasteiger partial charge in [0.2, 0.25) is 0 Å². The third kappa shape index (κ3) is 5.39. The fourth-order valence-corrected chi connectivity index (χ4v) is 7.94. The van der Waals surface area contributed by atoms with E-state index in [9.17, 15) is 13.2 Å². The van der Waals surface area contributed by atoms with Gasteiger partial charge in [0.1, 0.15) is 0 Å². The third-order valence-corrected chi connectivity index (χ3v) is 10.1. The molecule has 0 fully saturated rings. The van der Waals surface area contributed by atoms with Crippen molar-refractivity contribution in [2.45, 2.75) is 6.61 Å². The van der Waals surface area contributed by atoms with Crippen LogP contribution in [0.1, 0.15) is 22.3 Å². The van der Waals surface area contributed by atoms with Gasteiger partial charge in [0.25, 0.3) is 0 Å². The molecule has 4 aromatic rings. The Morgan fingerprint density at radius 1 is 0.658 bits per heavy atom. The van der Waals surface area contributed by atoms with Crippen molar-refractivity contribution in [3.63, 3.8) is 0 Å². The standard InChI is InChI=1S/C29H17BBrF5OTe/c31-20-13-11-18(12-14-20)21-15-30(37-16-17-7-3-1-4-8-17)23(29(38-21)19-9-5-2-6-10-19)22-24(32)26(34)28(36)27(35)25(22)33/h1-15H,16H2. The van der Waals surface area contributed by atoms with Crippen LogP contribution in [0, 0.1) is 29.1 Å². The maximum absolute atomic E-state index is 15.3. The maximum atomic E-state index is 15.3. The summed E-state index contributed by atoms with van der Waals surface area (Å²) in [4.78, 5) is 0. The van der Waals surface area contributed by atoms with Gasteiger partial charge in [0.15, 0.2) is 0 Å². The molecule has 0 amide bonds. The fraction of sp³-hybridized carbons (Fsp3) is 0.0345. The first-order valence-corrected chi connectivity index (χ1v) is 14.6. The minimum absolute atomic E-state index is 0.0387. The molecule has 0 aromatic heterocycles. The Balaban J connectivity index is 1.74. The first-order chi connectivity index (χ1) is 18.3. The van der Waals surface area contributed by atoms with Crippen molar-refractivity contribution in [1.29, 1.82) is 0 Å². The summed E-state index contributed by atoms with van der Waals surface area (Å²) < 4.78 is 81.9. The normalized spacial score (nSPS) is 13.6. The van der Waals surface area contributed by atoms with Crippen LogP contribution in [0.15, 0.2) is 95.4 Å². The van der Waals surface area contributed by atoms with E-state index in [4.69, 9.17) is 4.65 Å². The number of benzene rings is 4. The molecule has 4 aromatic carbocycles. The molecule has 5 rings (SSSR count). The van der Waals surface area contributed by atoms with Crippen LogP contribution in [-0.2, 0) is 11.3 Å². The van der Waals surface area contributed by atoms with Crippen LogP contribution in [0.3, 0.4) is 0 Å². The zero-order valence-electron chi connectivity index (χ0n) is 19.5. The molecule has 0 aliphatic carbocycles. The van der Waals surface area contributed by atoms with E-state index in [1.807, 2.05) is 54.6 Å². The minimum atomic E-state index is -2.19. The van der Waals surface area contributed by atoms with Crippen LogP contribution in [0.5, 0.6) is 0 Å². The molecule has 0 N–H and O–H groups in total. The van der Waals surface area contributed by atoms with E-state index in [0.717, 1.165) is 19.2 Å². The number of halogens is 6. The second kappa shape index (κ2) is 11.6. The predicted octanol–water partition coefficient (Wildman–Crippen LogP) is 8.06. The van der Waals surface area contributed by atoms with Gasteiger partial charge in [-0.15, -0.1) is 0 Å². The van der Waals surface area contributed by atoms with Gasteiger partial charge < -0.3 is 0 Å². The molecule has 1 heterocycles. The van der Waals surface area contributed by atoms with Gasteiger partial charge >= 0.3 is 236 Å². The van der Waals surface area contributed by atoms with Crippen molar-refractivity contribution in [1.82, 2.24) is 0 Å². The molecule has 0 bridgehead atoms. The summed E-state index contributed by atoms with van der Waals surface area (Å²) in [6.07, 6.45) is 0. The second-order valence-electron chi connectivity index (χ2n) is 8.41. The molecule has 1 aliphatic heterocycles. The quantitative estimate of drug-likeness (QED) is 0.0860. The van der Waals surface area contributed by atoms with E-state index in [1.54, 1.807) is 36.3 Å². The fourth-order valence-electron chi connectivity index (χ4n) is 4.11. The van der Waals surface area contributed by atoms with Crippen molar-refractivity contribution >= 4 is 56.5 Å². The Morgan fingerprint density at radius 3 is 1.82 bits per heavy atom. The molecule has 1 aliphatic rings. The Bertz CT molecular complexity index is 1510. The topological polar surface area (TPSA) is 9.23 Å². The van der Waals surface area contributed by atoms with Gasteiger partial charge in [0.05, 0.1) is 0 Å². The molecular weight excluding hydrogens is 678 g/mol. The first kappa shape index (κ1) is 26.9. The molecule has 0 atom stereocenters. The van der Waals surface area contributed by atoms with Crippen molar-refractivity contribution in [2.24, 2.45) is 0 Å². The van der Waals surface area contributed by atoms with E-state index >= 15 is 8.78 Å². The zero-order chi connectivity index (χ0) is 26.8. The molecule has 190 valence electrons. The van der Waals surface area contributed by atoms with Crippen molar-refractivity contribution in [2.75, 3.05) is 0 Å². The van der Waals surface area contributed by atoms with Crippen LogP contribution < -0.4 is 0 Å². The predicted molar refractivity (Wildman–Crippen MR) is 144 cm³/mol. The molecule has 0 radical (unpaired) electrons. The van der Waals surface area contributed by atoms with Crippen LogP contribution in [-0.4, -0.2) is 27.8 Å². The van der Waals surface area contributed by atoms with Gasteiger partial charge in [0, 0.05) is 0 Å². The summed E-state index contributed by atoms with van der Waals surface area (Å²) in [6, 6.07) is 25.6. The van der Waals surface area contributed by atoms with Gasteiger partial charge in [-0.1, -0.05) is 0 Å². The monoisotopic (exact) mass is 696 g/mol. The molecule has 38 heavy (non-hydrogen) atoms. The second-order valence-corrected chi connectivity index (χ2v) is 12.3. The van der Waals surface area contributed by atoms with Gasteiger partial charge in [-0.05, 0) is 0 Å². The van der Waals surface area contributed by atoms with E-state index in [-0.39, 0.29) is 12.1 Å². The van der Waals surface area contributed by atoms with Crippen LogP contribution in [0.4, 0.5) is 22.0 Å². The zero-order valence-corrected chi connectivity index (χ0v) is 23.4. The summed E-state index contributed by atoms with van der Waals surface area (Å²) in [6.45, 7) is -1.01. The van der Waals surface area contributed by atoms with Crippen LogP contribution in [0.25, 0.3) is 12.7 Å². The third-order valence-electron chi connectivity index (χ3n) is 5.96. The number of rotatable bonds is 6. The van der Waals surface area contributed by atoms with E-state index in [0.29, 0.717) is 9.18 Å². The summed E-state index contributed by atoms with van der Waals surface area (Å²) in [5, 5.41) is 0. The molecule has 0 saturated carbocycles.